The van der Waals surface area contributed by atoms with Crippen LogP contribution < -0.4 is 10.5 Å². The van der Waals surface area contributed by atoms with Crippen molar-refractivity contribution in [1.82, 2.24) is 14.5 Å². The summed E-state index contributed by atoms with van der Waals surface area (Å²) in [7, 11) is -2.03. The highest BCUT2D eigenvalue weighted by molar-refractivity contribution is 7.89. The maximum Gasteiger partial charge on any atom is 0.246 e. The fraction of sp³-hybridized carbons (Fsp3) is 0.750. The number of aliphatic hydroxyl groups is 1. The van der Waals surface area contributed by atoms with Gasteiger partial charge in [0.15, 0.2) is 5.82 Å². The Morgan fingerprint density at radius 2 is 2.05 bits per heavy atom. The lowest BCUT2D eigenvalue weighted by Crippen LogP contribution is -2.34. The van der Waals surface area contributed by atoms with Gasteiger partial charge in [-0.1, -0.05) is 13.8 Å². The summed E-state index contributed by atoms with van der Waals surface area (Å²) in [6, 6.07) is 0. The van der Waals surface area contributed by atoms with Crippen LogP contribution in [0.4, 0.5) is 5.82 Å². The Kier molecular flexibility index (Phi) is 5.17. The molecule has 1 aromatic rings. The monoisotopic (exact) mass is 304 g/mol. The first-order valence-corrected chi connectivity index (χ1v) is 7.98. The van der Waals surface area contributed by atoms with Gasteiger partial charge in [0.05, 0.1) is 5.69 Å². The van der Waals surface area contributed by atoms with Crippen LogP contribution in [0.1, 0.15) is 32.4 Å². The highest BCUT2D eigenvalue weighted by atomic mass is 32.2. The van der Waals surface area contributed by atoms with Gasteiger partial charge in [0.1, 0.15) is 4.90 Å². The molecule has 0 saturated carbocycles. The predicted octanol–water partition coefficient (Wildman–Crippen LogP) is 0.388. The molecule has 0 bridgehead atoms. The molecule has 8 heteroatoms. The fourth-order valence-corrected chi connectivity index (χ4v) is 3.52. The minimum Gasteiger partial charge on any atom is -0.396 e. The quantitative estimate of drug-likeness (QED) is 0.675. The molecule has 0 aliphatic carbocycles. The summed E-state index contributed by atoms with van der Waals surface area (Å²) in [5, 5.41) is 12.8. The molecule has 20 heavy (non-hydrogen) atoms. The minimum absolute atomic E-state index is 0.00524. The lowest BCUT2D eigenvalue weighted by atomic mass is 9.88. The summed E-state index contributed by atoms with van der Waals surface area (Å²) < 4.78 is 28.6. The molecule has 1 aromatic heterocycles. The molecule has 0 amide bonds. The summed E-state index contributed by atoms with van der Waals surface area (Å²) in [6.07, 6.45) is 1.37. The minimum atomic E-state index is -3.68. The van der Waals surface area contributed by atoms with Crippen LogP contribution in [0.25, 0.3) is 0 Å². The van der Waals surface area contributed by atoms with Crippen LogP contribution in [-0.4, -0.2) is 36.5 Å². The fourth-order valence-electron chi connectivity index (χ4n) is 1.95. The maximum absolute atomic E-state index is 12.3. The van der Waals surface area contributed by atoms with Gasteiger partial charge >= 0.3 is 0 Å². The molecule has 0 spiro atoms. The van der Waals surface area contributed by atoms with E-state index < -0.39 is 10.0 Å². The Balaban J connectivity index is 2.86. The molecule has 1 rings (SSSR count). The van der Waals surface area contributed by atoms with Crippen LogP contribution in [0, 0.1) is 12.3 Å². The largest absolute Gasteiger partial charge is 0.396 e. The van der Waals surface area contributed by atoms with Gasteiger partial charge in [0, 0.05) is 20.2 Å². The Labute approximate surface area is 120 Å². The molecule has 0 aromatic carbocycles. The molecule has 0 aliphatic heterocycles. The molecule has 0 radical (unpaired) electrons. The Hall–Kier alpha value is -1.12. The number of hydrogen-bond acceptors (Lipinski definition) is 5. The molecule has 1 heterocycles. The molecule has 0 unspecified atom stereocenters. The molecule has 4 N–H and O–H groups in total. The van der Waals surface area contributed by atoms with Crippen LogP contribution in [-0.2, 0) is 17.1 Å². The van der Waals surface area contributed by atoms with Crippen molar-refractivity contribution in [2.75, 3.05) is 18.9 Å². The second-order valence-electron chi connectivity index (χ2n) is 5.74. The van der Waals surface area contributed by atoms with Gasteiger partial charge in [-0.2, -0.15) is 5.10 Å². The lowest BCUT2D eigenvalue weighted by molar-refractivity contribution is 0.242. The topological polar surface area (TPSA) is 110 Å². The van der Waals surface area contributed by atoms with Gasteiger partial charge in [-0.3, -0.25) is 4.68 Å². The first-order chi connectivity index (χ1) is 9.10. The number of aromatic nitrogens is 2. The summed E-state index contributed by atoms with van der Waals surface area (Å²) in [4.78, 5) is 0.0398. The highest BCUT2D eigenvalue weighted by Crippen LogP contribution is 2.24. The van der Waals surface area contributed by atoms with Crippen LogP contribution in [0.5, 0.6) is 0 Å². The van der Waals surface area contributed by atoms with Crippen LogP contribution in [0.2, 0.25) is 0 Å². The number of nitrogens with zero attached hydrogens (tertiary/aromatic N) is 2. The zero-order chi connectivity index (χ0) is 15.6. The van der Waals surface area contributed by atoms with Gasteiger partial charge < -0.3 is 10.8 Å². The number of aryl methyl sites for hydroxylation is 1. The average molecular weight is 304 g/mol. The van der Waals surface area contributed by atoms with E-state index in [0.29, 0.717) is 12.1 Å². The zero-order valence-corrected chi connectivity index (χ0v) is 13.3. The van der Waals surface area contributed by atoms with E-state index in [0.717, 1.165) is 6.42 Å². The van der Waals surface area contributed by atoms with Crippen molar-refractivity contribution in [2.24, 2.45) is 12.5 Å². The molecule has 0 fully saturated rings. The van der Waals surface area contributed by atoms with E-state index in [1.54, 1.807) is 14.0 Å². The maximum atomic E-state index is 12.3. The molecule has 0 aliphatic rings. The number of sulfonamides is 1. The smallest absolute Gasteiger partial charge is 0.246 e. The molecular formula is C12H24N4O3S. The van der Waals surface area contributed by atoms with E-state index in [1.807, 2.05) is 13.8 Å². The zero-order valence-electron chi connectivity index (χ0n) is 12.5. The number of aliphatic hydroxyl groups excluding tert-OH is 1. The van der Waals surface area contributed by atoms with E-state index in [9.17, 15) is 8.42 Å². The number of nitrogens with one attached hydrogen (secondary N) is 1. The van der Waals surface area contributed by atoms with Crippen molar-refractivity contribution < 1.29 is 13.5 Å². The van der Waals surface area contributed by atoms with E-state index >= 15 is 0 Å². The third-order valence-electron chi connectivity index (χ3n) is 3.33. The van der Waals surface area contributed by atoms with Crippen LogP contribution >= 0.6 is 0 Å². The van der Waals surface area contributed by atoms with Crippen molar-refractivity contribution in [3.8, 4) is 0 Å². The van der Waals surface area contributed by atoms with E-state index in [1.165, 1.54) is 4.68 Å². The summed E-state index contributed by atoms with van der Waals surface area (Å²) in [5.41, 5.74) is 5.93. The molecular weight excluding hydrogens is 280 g/mol. The van der Waals surface area contributed by atoms with Crippen molar-refractivity contribution in [3.63, 3.8) is 0 Å². The standard InChI is InChI=1S/C12H24N4O3S/c1-9-10(11(13)15-16(9)4)20(18,19)14-8-12(2,3)6-5-7-17/h14,17H,5-8H2,1-4H3,(H2,13,15). The summed E-state index contributed by atoms with van der Waals surface area (Å²) >= 11 is 0. The lowest BCUT2D eigenvalue weighted by Gasteiger charge is -2.24. The first kappa shape index (κ1) is 16.9. The number of nitrogens with two attached hydrogens (primary N) is 1. The highest BCUT2D eigenvalue weighted by Gasteiger charge is 2.27. The SMILES string of the molecule is Cc1c(S(=O)(=O)NCC(C)(C)CCCO)c(N)nn1C. The van der Waals surface area contributed by atoms with Crippen molar-refractivity contribution in [3.05, 3.63) is 5.69 Å². The summed E-state index contributed by atoms with van der Waals surface area (Å²) in [5.74, 6) is 0.00524. The van der Waals surface area contributed by atoms with Crippen molar-refractivity contribution >= 4 is 15.8 Å². The van der Waals surface area contributed by atoms with Crippen LogP contribution in [0.15, 0.2) is 4.90 Å². The van der Waals surface area contributed by atoms with Crippen molar-refractivity contribution in [1.29, 1.82) is 0 Å². The summed E-state index contributed by atoms with van der Waals surface area (Å²) in [6.45, 7) is 5.94. The molecule has 0 saturated heterocycles. The Bertz CT molecular complexity index is 564. The van der Waals surface area contributed by atoms with Crippen molar-refractivity contribution in [2.45, 2.75) is 38.5 Å². The van der Waals surface area contributed by atoms with Gasteiger partial charge in [0.25, 0.3) is 0 Å². The molecule has 116 valence electrons. The predicted molar refractivity (Wildman–Crippen MR) is 77.6 cm³/mol. The molecule has 7 nitrogen and oxygen atoms in total. The van der Waals surface area contributed by atoms with E-state index in [-0.39, 0.29) is 29.3 Å². The second-order valence-corrected chi connectivity index (χ2v) is 7.44. The molecule has 0 atom stereocenters. The first-order valence-electron chi connectivity index (χ1n) is 6.50. The average Bonchev–Trinajstić information content (AvgIpc) is 2.59. The second kappa shape index (κ2) is 6.11. The van der Waals surface area contributed by atoms with E-state index in [4.69, 9.17) is 10.8 Å². The van der Waals surface area contributed by atoms with Gasteiger partial charge in [-0.15, -0.1) is 0 Å². The number of rotatable bonds is 7. The van der Waals surface area contributed by atoms with E-state index in [2.05, 4.69) is 9.82 Å². The number of hydrogen-bond donors (Lipinski definition) is 3. The number of anilines is 1. The van der Waals surface area contributed by atoms with Gasteiger partial charge in [-0.25, -0.2) is 13.1 Å². The van der Waals surface area contributed by atoms with Gasteiger partial charge in [-0.05, 0) is 25.2 Å². The Morgan fingerprint density at radius 1 is 1.45 bits per heavy atom. The number of nitrogen functional groups attached to an aromatic ring is 1. The Morgan fingerprint density at radius 3 is 2.50 bits per heavy atom. The third kappa shape index (κ3) is 3.94. The third-order valence-corrected chi connectivity index (χ3v) is 4.89. The normalized spacial score (nSPS) is 12.8. The van der Waals surface area contributed by atoms with Gasteiger partial charge in [0.2, 0.25) is 10.0 Å². The van der Waals surface area contributed by atoms with Crippen LogP contribution in [0.3, 0.4) is 0 Å².